The molecule has 51 heavy (non-hydrogen) atoms. The Bertz CT molecular complexity index is 1940. The number of benzene rings is 2. The molecule has 2 amide bonds. The van der Waals surface area contributed by atoms with Gasteiger partial charge in [-0.15, -0.1) is 11.3 Å². The van der Waals surface area contributed by atoms with Crippen molar-refractivity contribution in [3.63, 3.8) is 0 Å². The number of alkyl carbamates (subject to hydrolysis) is 1. The Morgan fingerprint density at radius 3 is 2.45 bits per heavy atom. The van der Waals surface area contributed by atoms with Crippen molar-refractivity contribution < 1.29 is 36.3 Å². The van der Waals surface area contributed by atoms with Gasteiger partial charge in [0.1, 0.15) is 24.0 Å². The molecule has 0 spiro atoms. The number of carbonyl (C=O) groups is 2. The van der Waals surface area contributed by atoms with Crippen LogP contribution in [0.2, 0.25) is 5.02 Å². The standard InChI is InChI=1S/C33H32ClF5N8O3S/c1-30(2,3)15-32(20-7-4-18(5-8-20)24-13-41-17-51-24)27(48)46(28(40)44-32)23(14-50-29(49)45-31(10-11-31)33(37,38)39)19-6-9-21(34)22(12-19)47-26(25(35)36)42-16-43-47/h4-9,12-13,16-17,23,25H,10-11,14-15H2,1-3H3,(H2,40,44)(H,45,49)/t23-,32-/m1/s1. The summed E-state index contributed by atoms with van der Waals surface area (Å²) < 4.78 is 74.6. The summed E-state index contributed by atoms with van der Waals surface area (Å²) in [6, 6.07) is 9.96. The fourth-order valence-corrected chi connectivity index (χ4v) is 7.03. The van der Waals surface area contributed by atoms with Gasteiger partial charge in [0.2, 0.25) is 0 Å². The lowest BCUT2D eigenvalue weighted by Gasteiger charge is -2.35. The summed E-state index contributed by atoms with van der Waals surface area (Å²) in [5.74, 6) is -1.72. The number of halogens is 6. The van der Waals surface area contributed by atoms with Crippen molar-refractivity contribution in [3.8, 4) is 16.1 Å². The minimum Gasteiger partial charge on any atom is -0.447 e. The number of nitrogens with zero attached hydrogens (tertiary/aromatic N) is 5. The van der Waals surface area contributed by atoms with Gasteiger partial charge in [-0.05, 0) is 53.5 Å². The summed E-state index contributed by atoms with van der Waals surface area (Å²) in [5.41, 5.74) is -1.22. The van der Waals surface area contributed by atoms with Crippen LogP contribution in [0.15, 0.2) is 60.5 Å². The number of carbonyl (C=O) groups excluding carboxylic acids is 2. The summed E-state index contributed by atoms with van der Waals surface area (Å²) in [5, 5.41) is 17.9. The van der Waals surface area contributed by atoms with Crippen LogP contribution < -0.4 is 10.6 Å². The van der Waals surface area contributed by atoms with E-state index in [-0.39, 0.29) is 41.5 Å². The second-order valence-corrected chi connectivity index (χ2v) is 14.9. The van der Waals surface area contributed by atoms with Gasteiger partial charge < -0.3 is 15.4 Å². The largest absolute Gasteiger partial charge is 0.447 e. The van der Waals surface area contributed by atoms with E-state index in [4.69, 9.17) is 21.7 Å². The van der Waals surface area contributed by atoms with E-state index in [1.54, 1.807) is 23.8 Å². The van der Waals surface area contributed by atoms with Crippen LogP contribution in [-0.2, 0) is 15.1 Å². The lowest BCUT2D eigenvalue weighted by Crippen LogP contribution is -2.49. The van der Waals surface area contributed by atoms with Gasteiger partial charge in [0.05, 0.1) is 27.1 Å². The number of hydrogen-bond acceptors (Lipinski definition) is 8. The van der Waals surface area contributed by atoms with Crippen LogP contribution in [-0.4, -0.2) is 60.9 Å². The Morgan fingerprint density at radius 2 is 1.86 bits per heavy atom. The minimum absolute atomic E-state index is 0.0199. The zero-order valence-electron chi connectivity index (χ0n) is 27.4. The molecule has 2 aliphatic rings. The maximum atomic E-state index is 14.8. The van der Waals surface area contributed by atoms with E-state index in [1.807, 2.05) is 38.2 Å². The van der Waals surface area contributed by atoms with Crippen LogP contribution in [0.3, 0.4) is 0 Å². The Morgan fingerprint density at radius 1 is 1.16 bits per heavy atom. The molecule has 1 saturated carbocycles. The third-order valence-electron chi connectivity index (χ3n) is 8.72. The van der Waals surface area contributed by atoms with Crippen molar-refractivity contribution in [2.75, 3.05) is 6.61 Å². The Balaban J connectivity index is 1.41. The molecule has 2 aromatic heterocycles. The number of alkyl halides is 5. The molecule has 1 saturated heterocycles. The smallest absolute Gasteiger partial charge is 0.411 e. The van der Waals surface area contributed by atoms with Gasteiger partial charge >= 0.3 is 12.3 Å². The van der Waals surface area contributed by atoms with Crippen molar-refractivity contribution >= 4 is 40.9 Å². The molecule has 0 unspecified atom stereocenters. The number of thiazole rings is 1. The Hall–Kier alpha value is -4.64. The number of amides is 2. The van der Waals surface area contributed by atoms with Crippen LogP contribution in [0.5, 0.6) is 0 Å². The van der Waals surface area contributed by atoms with Crippen molar-refractivity contribution in [2.24, 2.45) is 5.41 Å². The third kappa shape index (κ3) is 7.00. The molecule has 1 aliphatic carbocycles. The van der Waals surface area contributed by atoms with Crippen LogP contribution in [0, 0.1) is 10.8 Å². The summed E-state index contributed by atoms with van der Waals surface area (Å²) in [4.78, 5) is 37.3. The molecule has 3 heterocycles. The first-order valence-corrected chi connectivity index (χ1v) is 16.9. The summed E-state index contributed by atoms with van der Waals surface area (Å²) >= 11 is 7.85. The van der Waals surface area contributed by atoms with E-state index < -0.39 is 59.6 Å². The highest BCUT2D eigenvalue weighted by Crippen LogP contribution is 2.49. The van der Waals surface area contributed by atoms with Gasteiger partial charge in [-0.1, -0.05) is 62.7 Å². The Labute approximate surface area is 297 Å². The van der Waals surface area contributed by atoms with Crippen LogP contribution in [0.4, 0.5) is 26.7 Å². The molecule has 0 bridgehead atoms. The monoisotopic (exact) mass is 750 g/mol. The zero-order valence-corrected chi connectivity index (χ0v) is 29.0. The maximum absolute atomic E-state index is 14.8. The number of hydrogen-bond donors (Lipinski definition) is 3. The number of nitrogens with one attached hydrogen (secondary N) is 3. The lowest BCUT2D eigenvalue weighted by atomic mass is 9.75. The van der Waals surface area contributed by atoms with Gasteiger partial charge in [0, 0.05) is 6.20 Å². The first kappa shape index (κ1) is 36.2. The second kappa shape index (κ2) is 13.2. The average Bonchev–Trinajstić information content (AvgIpc) is 3.38. The van der Waals surface area contributed by atoms with E-state index >= 15 is 0 Å². The zero-order chi connectivity index (χ0) is 36.9. The number of ether oxygens (including phenoxy) is 1. The molecule has 3 N–H and O–H groups in total. The molecular formula is C33H32ClF5N8O3S. The fourth-order valence-electron chi connectivity index (χ4n) is 6.21. The van der Waals surface area contributed by atoms with Crippen molar-refractivity contribution in [3.05, 3.63) is 82.5 Å². The van der Waals surface area contributed by atoms with Crippen LogP contribution >= 0.6 is 22.9 Å². The molecule has 2 atom stereocenters. The van der Waals surface area contributed by atoms with E-state index in [0.29, 0.717) is 5.56 Å². The predicted octanol–water partition coefficient (Wildman–Crippen LogP) is 7.54. The molecule has 2 fully saturated rings. The molecule has 270 valence electrons. The van der Waals surface area contributed by atoms with Crippen molar-refractivity contribution in [1.82, 2.24) is 35.3 Å². The van der Waals surface area contributed by atoms with Crippen LogP contribution in [0.1, 0.15) is 69.5 Å². The molecule has 4 aromatic rings. The van der Waals surface area contributed by atoms with Crippen LogP contribution in [0.25, 0.3) is 16.1 Å². The molecule has 18 heteroatoms. The molecule has 11 nitrogen and oxygen atoms in total. The predicted molar refractivity (Wildman–Crippen MR) is 178 cm³/mol. The SMILES string of the molecule is CC(C)(C)C[C@]1(c2ccc(-c3cncs3)cc2)NC(=N)N([C@H](COC(=O)NC2(C(F)(F)F)CC2)c2ccc(Cl)c(-n3ncnc3C(F)F)c2)C1=O. The summed E-state index contributed by atoms with van der Waals surface area (Å²) in [6.45, 7) is 5.05. The van der Waals surface area contributed by atoms with E-state index in [0.717, 1.165) is 26.3 Å². The van der Waals surface area contributed by atoms with Gasteiger partial charge in [0.25, 0.3) is 12.3 Å². The minimum atomic E-state index is -4.71. The molecule has 0 radical (unpaired) electrons. The molecule has 2 aromatic carbocycles. The van der Waals surface area contributed by atoms with Gasteiger partial charge in [0.15, 0.2) is 11.8 Å². The summed E-state index contributed by atoms with van der Waals surface area (Å²) in [7, 11) is 0. The Kier molecular flexibility index (Phi) is 9.33. The lowest BCUT2D eigenvalue weighted by molar-refractivity contribution is -0.164. The third-order valence-corrected chi connectivity index (χ3v) is 9.86. The van der Waals surface area contributed by atoms with Gasteiger partial charge in [-0.3, -0.25) is 20.1 Å². The quantitative estimate of drug-likeness (QED) is 0.142. The number of guanidine groups is 1. The van der Waals surface area contributed by atoms with Crippen molar-refractivity contribution in [2.45, 2.75) is 69.8 Å². The normalized spacial score (nSPS) is 19.3. The molecular weight excluding hydrogens is 719 g/mol. The highest BCUT2D eigenvalue weighted by molar-refractivity contribution is 7.13. The fraction of sp³-hybridized carbons (Fsp3) is 0.394. The van der Waals surface area contributed by atoms with E-state index in [2.05, 4.69) is 20.4 Å². The van der Waals surface area contributed by atoms with E-state index in [1.165, 1.54) is 29.5 Å². The van der Waals surface area contributed by atoms with Crippen molar-refractivity contribution in [1.29, 1.82) is 5.41 Å². The maximum Gasteiger partial charge on any atom is 0.411 e. The summed E-state index contributed by atoms with van der Waals surface area (Å²) in [6.07, 6.45) is -6.95. The second-order valence-electron chi connectivity index (χ2n) is 13.6. The van der Waals surface area contributed by atoms with E-state index in [9.17, 15) is 31.5 Å². The van der Waals surface area contributed by atoms with Gasteiger partial charge in [-0.2, -0.15) is 18.3 Å². The molecule has 1 aliphatic heterocycles. The first-order chi connectivity index (χ1) is 23.9. The first-order valence-electron chi connectivity index (χ1n) is 15.6. The topological polar surface area (TPSA) is 138 Å². The number of rotatable bonds is 10. The number of aromatic nitrogens is 4. The highest BCUT2D eigenvalue weighted by Gasteiger charge is 2.64. The average molecular weight is 751 g/mol. The molecule has 6 rings (SSSR count). The van der Waals surface area contributed by atoms with Gasteiger partial charge in [-0.25, -0.2) is 23.2 Å². The highest BCUT2D eigenvalue weighted by atomic mass is 35.5.